The van der Waals surface area contributed by atoms with Crippen LogP contribution in [-0.2, 0) is 0 Å². The number of benzene rings is 1. The van der Waals surface area contributed by atoms with Crippen LogP contribution in [0.3, 0.4) is 0 Å². The lowest BCUT2D eigenvalue weighted by atomic mass is 10.2. The molecule has 0 bridgehead atoms. The highest BCUT2D eigenvalue weighted by Crippen LogP contribution is 2.34. The largest absolute Gasteiger partial charge is 0.396 e. The van der Waals surface area contributed by atoms with Crippen molar-refractivity contribution in [1.82, 2.24) is 10.4 Å². The first-order valence-electron chi connectivity index (χ1n) is 6.19. The zero-order valence-electron chi connectivity index (χ0n) is 11.7. The number of nitro groups is 1. The highest BCUT2D eigenvalue weighted by atomic mass is 35.5. The molecule has 0 aliphatic heterocycles. The van der Waals surface area contributed by atoms with Crippen molar-refractivity contribution in [2.45, 2.75) is 0 Å². The smallest absolute Gasteiger partial charge is 0.291 e. The molecule has 2 rings (SSSR count). The highest BCUT2D eigenvalue weighted by molar-refractivity contribution is 6.46. The highest BCUT2D eigenvalue weighted by Gasteiger charge is 2.19. The van der Waals surface area contributed by atoms with Crippen LogP contribution in [0, 0.1) is 10.1 Å². The van der Waals surface area contributed by atoms with Gasteiger partial charge in [-0.3, -0.25) is 14.9 Å². The maximum Gasteiger partial charge on any atom is 0.291 e. The van der Waals surface area contributed by atoms with Crippen molar-refractivity contribution in [2.75, 3.05) is 5.73 Å². The van der Waals surface area contributed by atoms with E-state index >= 15 is 0 Å². The van der Waals surface area contributed by atoms with Crippen LogP contribution in [0.1, 0.15) is 16.1 Å². The second-order valence-electron chi connectivity index (χ2n) is 4.34. The summed E-state index contributed by atoms with van der Waals surface area (Å²) in [4.78, 5) is 25.9. The molecule has 1 amide bonds. The average Bonchev–Trinajstić information content (AvgIpc) is 2.56. The summed E-state index contributed by atoms with van der Waals surface area (Å²) < 4.78 is 0. The summed E-state index contributed by atoms with van der Waals surface area (Å²) in [6.45, 7) is 0. The van der Waals surface area contributed by atoms with Gasteiger partial charge in [0.15, 0.2) is 10.8 Å². The van der Waals surface area contributed by atoms with Crippen molar-refractivity contribution in [3.8, 4) is 0 Å². The Morgan fingerprint density at radius 2 is 2.04 bits per heavy atom. The van der Waals surface area contributed by atoms with Gasteiger partial charge in [-0.1, -0.05) is 46.9 Å². The van der Waals surface area contributed by atoms with E-state index in [0.717, 1.165) is 0 Å². The molecule has 2 aromatic rings. The van der Waals surface area contributed by atoms with Crippen LogP contribution >= 0.6 is 34.8 Å². The second-order valence-corrected chi connectivity index (χ2v) is 5.46. The number of nitro benzene ring substituents is 1. The third-order valence-corrected chi connectivity index (χ3v) is 3.88. The summed E-state index contributed by atoms with van der Waals surface area (Å²) >= 11 is 17.4. The Morgan fingerprint density at radius 3 is 2.71 bits per heavy atom. The Kier molecular flexibility index (Phi) is 5.55. The topological polar surface area (TPSA) is 124 Å². The fourth-order valence-electron chi connectivity index (χ4n) is 1.62. The molecule has 0 saturated carbocycles. The van der Waals surface area contributed by atoms with Crippen molar-refractivity contribution < 1.29 is 9.72 Å². The zero-order valence-corrected chi connectivity index (χ0v) is 13.9. The van der Waals surface area contributed by atoms with Gasteiger partial charge in [0, 0.05) is 17.7 Å². The lowest BCUT2D eigenvalue weighted by Gasteiger charge is -2.07. The molecule has 0 spiro atoms. The fraction of sp³-hybridized carbons (Fsp3) is 0. The number of non-ortho nitro benzene ring substituents is 1. The molecule has 0 fully saturated rings. The summed E-state index contributed by atoms with van der Waals surface area (Å²) in [6.07, 6.45) is 1.22. The van der Waals surface area contributed by atoms with Crippen LogP contribution in [0.15, 0.2) is 29.4 Å². The van der Waals surface area contributed by atoms with Crippen LogP contribution in [0.2, 0.25) is 15.2 Å². The minimum Gasteiger partial charge on any atom is -0.396 e. The number of aromatic nitrogens is 1. The van der Waals surface area contributed by atoms with Gasteiger partial charge in [-0.15, -0.1) is 0 Å². The Labute approximate surface area is 150 Å². The first-order valence-corrected chi connectivity index (χ1v) is 7.32. The molecule has 3 N–H and O–H groups in total. The minimum atomic E-state index is -0.771. The van der Waals surface area contributed by atoms with Gasteiger partial charge in [-0.25, -0.2) is 10.4 Å². The number of amides is 1. The third-order valence-electron chi connectivity index (χ3n) is 2.75. The van der Waals surface area contributed by atoms with Crippen molar-refractivity contribution in [1.29, 1.82) is 0 Å². The number of halogens is 3. The summed E-state index contributed by atoms with van der Waals surface area (Å²) in [6, 6.07) is 5.68. The SMILES string of the molecule is Nc1c(Cl)c(Cl)nc(C(=O)N/N=C\c2cccc([N+](=O)[O-])c2)c1Cl. The van der Waals surface area contributed by atoms with Gasteiger partial charge in [0.05, 0.1) is 21.8 Å². The molecule has 1 aromatic heterocycles. The number of hydrazone groups is 1. The summed E-state index contributed by atoms with van der Waals surface area (Å²) in [5.41, 5.74) is 7.76. The van der Waals surface area contributed by atoms with Gasteiger partial charge in [0.1, 0.15) is 5.02 Å². The van der Waals surface area contributed by atoms with Crippen LogP contribution in [-0.4, -0.2) is 22.0 Å². The van der Waals surface area contributed by atoms with E-state index in [1.165, 1.54) is 24.4 Å². The quantitative estimate of drug-likeness (QED) is 0.360. The zero-order chi connectivity index (χ0) is 17.9. The predicted octanol–water partition coefficient (Wildman–Crippen LogP) is 3.30. The molecule has 0 atom stereocenters. The van der Waals surface area contributed by atoms with Gasteiger partial charge in [0.25, 0.3) is 11.6 Å². The van der Waals surface area contributed by atoms with Crippen LogP contribution in [0.4, 0.5) is 11.4 Å². The molecule has 0 aliphatic rings. The Balaban J connectivity index is 2.17. The standard InChI is InChI=1S/C13H8Cl3N5O3/c14-8-10(17)9(15)12(16)19-11(8)13(22)20-18-5-6-2-1-3-7(4-6)21(23)24/h1-5H,(H2,17,19)(H,20,22)/b18-5-. The summed E-state index contributed by atoms with van der Waals surface area (Å²) in [5, 5.41) is 14.0. The van der Waals surface area contributed by atoms with Crippen LogP contribution in [0.25, 0.3) is 0 Å². The number of hydrogen-bond acceptors (Lipinski definition) is 6. The van der Waals surface area contributed by atoms with Gasteiger partial charge < -0.3 is 5.73 Å². The number of carbonyl (C=O) groups excluding carboxylic acids is 1. The Morgan fingerprint density at radius 1 is 1.33 bits per heavy atom. The minimum absolute atomic E-state index is 0.0571. The van der Waals surface area contributed by atoms with Gasteiger partial charge >= 0.3 is 0 Å². The van der Waals surface area contributed by atoms with Crippen LogP contribution < -0.4 is 11.2 Å². The van der Waals surface area contributed by atoms with Gasteiger partial charge in [-0.05, 0) is 0 Å². The fourth-order valence-corrected chi connectivity index (χ4v) is 2.21. The van der Waals surface area contributed by atoms with Crippen LogP contribution in [0.5, 0.6) is 0 Å². The summed E-state index contributed by atoms with van der Waals surface area (Å²) in [7, 11) is 0. The van der Waals surface area contributed by atoms with E-state index in [2.05, 4.69) is 15.5 Å². The molecule has 0 radical (unpaired) electrons. The second kappa shape index (κ2) is 7.43. The number of nitrogen functional groups attached to an aromatic ring is 1. The van der Waals surface area contributed by atoms with E-state index in [-0.39, 0.29) is 32.3 Å². The number of nitrogens with one attached hydrogen (secondary N) is 1. The average molecular weight is 389 g/mol. The Bertz CT molecular complexity index is 857. The number of carbonyl (C=O) groups is 1. The lowest BCUT2D eigenvalue weighted by Crippen LogP contribution is -2.20. The van der Waals surface area contributed by atoms with Crippen molar-refractivity contribution in [3.63, 3.8) is 0 Å². The molecule has 1 aromatic carbocycles. The van der Waals surface area contributed by atoms with Crippen molar-refractivity contribution in [3.05, 3.63) is 60.8 Å². The predicted molar refractivity (Wildman–Crippen MR) is 91.8 cm³/mol. The third kappa shape index (κ3) is 3.91. The van der Waals surface area contributed by atoms with Crippen molar-refractivity contribution in [2.24, 2.45) is 5.10 Å². The number of hydrogen-bond donors (Lipinski definition) is 2. The number of anilines is 1. The molecule has 0 saturated heterocycles. The monoisotopic (exact) mass is 387 g/mol. The maximum atomic E-state index is 12.0. The molecule has 0 aliphatic carbocycles. The molecule has 11 heteroatoms. The summed E-state index contributed by atoms with van der Waals surface area (Å²) in [5.74, 6) is -0.771. The van der Waals surface area contributed by atoms with E-state index in [0.29, 0.717) is 5.56 Å². The van der Waals surface area contributed by atoms with E-state index in [1.807, 2.05) is 0 Å². The molecule has 24 heavy (non-hydrogen) atoms. The Hall–Kier alpha value is -2.42. The molecule has 1 heterocycles. The molecule has 0 unspecified atom stereocenters. The lowest BCUT2D eigenvalue weighted by molar-refractivity contribution is -0.384. The normalized spacial score (nSPS) is 10.8. The van der Waals surface area contributed by atoms with E-state index < -0.39 is 10.8 Å². The van der Waals surface area contributed by atoms with Gasteiger partial charge in [-0.2, -0.15) is 5.10 Å². The maximum absolute atomic E-state index is 12.0. The van der Waals surface area contributed by atoms with E-state index in [4.69, 9.17) is 40.5 Å². The number of nitrogens with zero attached hydrogens (tertiary/aromatic N) is 3. The molecular weight excluding hydrogens is 381 g/mol. The number of nitrogens with two attached hydrogens (primary N) is 1. The van der Waals surface area contributed by atoms with E-state index in [9.17, 15) is 14.9 Å². The first-order chi connectivity index (χ1) is 11.3. The van der Waals surface area contributed by atoms with E-state index in [1.54, 1.807) is 6.07 Å². The number of pyridine rings is 1. The molecular formula is C13H8Cl3N5O3. The molecule has 124 valence electrons. The molecule has 8 nitrogen and oxygen atoms in total. The van der Waals surface area contributed by atoms with Crippen molar-refractivity contribution >= 4 is 58.3 Å². The first kappa shape index (κ1) is 17.9. The van der Waals surface area contributed by atoms with Gasteiger partial charge in [0.2, 0.25) is 0 Å². The number of rotatable bonds is 4.